The third kappa shape index (κ3) is 2.95. The zero-order chi connectivity index (χ0) is 13.0. The van der Waals surface area contributed by atoms with Crippen LogP contribution in [0.25, 0.3) is 0 Å². The number of rotatable bonds is 4. The zero-order valence-corrected chi connectivity index (χ0v) is 10.1. The van der Waals surface area contributed by atoms with Gasteiger partial charge in [0.15, 0.2) is 0 Å². The van der Waals surface area contributed by atoms with E-state index in [9.17, 15) is 9.90 Å². The van der Waals surface area contributed by atoms with E-state index in [1.165, 1.54) is 0 Å². The largest absolute Gasteiger partial charge is 0.389 e. The molecule has 0 saturated heterocycles. The zero-order valence-electron chi connectivity index (χ0n) is 10.1. The van der Waals surface area contributed by atoms with Crippen molar-refractivity contribution in [1.82, 2.24) is 10.2 Å². The number of benzene rings is 1. The van der Waals surface area contributed by atoms with Crippen molar-refractivity contribution in [2.24, 2.45) is 0 Å². The molecule has 2 aromatic rings. The molecule has 1 unspecified atom stereocenters. The number of anilines is 1. The second kappa shape index (κ2) is 5.46. The van der Waals surface area contributed by atoms with Crippen LogP contribution in [0.1, 0.15) is 24.3 Å². The Morgan fingerprint density at radius 1 is 1.44 bits per heavy atom. The topological polar surface area (TPSA) is 78.0 Å². The number of carbonyl (C=O) groups excluding carboxylic acids is 1. The minimum atomic E-state index is -0.617. The summed E-state index contributed by atoms with van der Waals surface area (Å²) in [6, 6.07) is 8.95. The van der Waals surface area contributed by atoms with Gasteiger partial charge in [-0.25, -0.2) is 0 Å². The van der Waals surface area contributed by atoms with Gasteiger partial charge in [-0.05, 0) is 19.1 Å². The molecule has 0 radical (unpaired) electrons. The van der Waals surface area contributed by atoms with Crippen molar-refractivity contribution in [2.75, 3.05) is 5.32 Å². The van der Waals surface area contributed by atoms with Crippen LogP contribution in [0.5, 0.6) is 0 Å². The number of aliphatic hydroxyl groups excluding tert-OH is 1. The van der Waals surface area contributed by atoms with Crippen LogP contribution in [-0.2, 0) is 11.2 Å². The van der Waals surface area contributed by atoms with E-state index in [4.69, 9.17) is 0 Å². The number of nitrogens with one attached hydrogen (secondary N) is 2. The summed E-state index contributed by atoms with van der Waals surface area (Å²) in [5, 5.41) is 18.9. The molecule has 0 fully saturated rings. The van der Waals surface area contributed by atoms with E-state index in [-0.39, 0.29) is 12.3 Å². The molecule has 0 aliphatic rings. The second-order valence-electron chi connectivity index (χ2n) is 4.07. The molecule has 3 N–H and O–H groups in total. The first-order valence-electron chi connectivity index (χ1n) is 5.72. The lowest BCUT2D eigenvalue weighted by Crippen LogP contribution is -2.16. The standard InChI is InChI=1S/C13H15N3O2/c1-9(17)11-4-2-3-5-12(11)15-13(18)8-10-6-7-14-16-10/h2-7,9,17H,8H2,1H3,(H,14,16)(H,15,18). The second-order valence-corrected chi connectivity index (χ2v) is 4.07. The lowest BCUT2D eigenvalue weighted by Gasteiger charge is -2.12. The van der Waals surface area contributed by atoms with Gasteiger partial charge in [-0.2, -0.15) is 5.10 Å². The SMILES string of the molecule is CC(O)c1ccccc1NC(=O)Cc1ccn[nH]1. The Hall–Kier alpha value is -2.14. The molecule has 18 heavy (non-hydrogen) atoms. The molecule has 2 rings (SSSR count). The summed E-state index contributed by atoms with van der Waals surface area (Å²) in [6.07, 6.45) is 1.22. The van der Waals surface area contributed by atoms with E-state index in [2.05, 4.69) is 15.5 Å². The fraction of sp³-hybridized carbons (Fsp3) is 0.231. The third-order valence-electron chi connectivity index (χ3n) is 2.59. The van der Waals surface area contributed by atoms with E-state index >= 15 is 0 Å². The highest BCUT2D eigenvalue weighted by Crippen LogP contribution is 2.22. The molecule has 1 heterocycles. The van der Waals surface area contributed by atoms with Crippen LogP contribution in [0, 0.1) is 0 Å². The highest BCUT2D eigenvalue weighted by atomic mass is 16.3. The maximum absolute atomic E-state index is 11.8. The number of hydrogen-bond donors (Lipinski definition) is 3. The molecular formula is C13H15N3O2. The number of carbonyl (C=O) groups is 1. The molecule has 0 bridgehead atoms. The summed E-state index contributed by atoms with van der Waals surface area (Å²) < 4.78 is 0. The van der Waals surface area contributed by atoms with E-state index in [1.807, 2.05) is 12.1 Å². The molecule has 5 heteroatoms. The van der Waals surface area contributed by atoms with Gasteiger partial charge in [0, 0.05) is 23.1 Å². The average molecular weight is 245 g/mol. The molecule has 1 aromatic heterocycles. The van der Waals surface area contributed by atoms with Crippen molar-refractivity contribution in [1.29, 1.82) is 0 Å². The van der Waals surface area contributed by atoms with Gasteiger partial charge in [-0.15, -0.1) is 0 Å². The number of nitrogens with zero attached hydrogens (tertiary/aromatic N) is 1. The van der Waals surface area contributed by atoms with Crippen LogP contribution < -0.4 is 5.32 Å². The maximum Gasteiger partial charge on any atom is 0.230 e. The van der Waals surface area contributed by atoms with Crippen LogP contribution >= 0.6 is 0 Å². The highest BCUT2D eigenvalue weighted by Gasteiger charge is 2.10. The van der Waals surface area contributed by atoms with E-state index in [0.717, 1.165) is 5.69 Å². The number of aliphatic hydroxyl groups is 1. The van der Waals surface area contributed by atoms with Gasteiger partial charge in [0.2, 0.25) is 5.91 Å². The number of aromatic nitrogens is 2. The average Bonchev–Trinajstić information content (AvgIpc) is 2.82. The molecule has 1 aromatic carbocycles. The number of aromatic amines is 1. The normalized spacial score (nSPS) is 12.1. The monoisotopic (exact) mass is 245 g/mol. The first-order chi connectivity index (χ1) is 8.66. The lowest BCUT2D eigenvalue weighted by atomic mass is 10.1. The fourth-order valence-corrected chi connectivity index (χ4v) is 1.73. The summed E-state index contributed by atoms with van der Waals surface area (Å²) in [5.41, 5.74) is 2.09. The number of hydrogen-bond acceptors (Lipinski definition) is 3. The summed E-state index contributed by atoms with van der Waals surface area (Å²) in [7, 11) is 0. The Balaban J connectivity index is 2.07. The van der Waals surface area contributed by atoms with Gasteiger partial charge in [-0.1, -0.05) is 18.2 Å². The molecule has 0 saturated carbocycles. The van der Waals surface area contributed by atoms with Crippen molar-refractivity contribution in [3.63, 3.8) is 0 Å². The van der Waals surface area contributed by atoms with Gasteiger partial charge in [0.1, 0.15) is 0 Å². The van der Waals surface area contributed by atoms with E-state index in [0.29, 0.717) is 11.3 Å². The molecule has 0 aliphatic heterocycles. The number of H-pyrrole nitrogens is 1. The predicted octanol–water partition coefficient (Wildman–Crippen LogP) is 1.64. The summed E-state index contributed by atoms with van der Waals surface area (Å²) in [5.74, 6) is -0.146. The van der Waals surface area contributed by atoms with Crippen LogP contribution in [0.15, 0.2) is 36.5 Å². The van der Waals surface area contributed by atoms with Crippen molar-refractivity contribution in [3.05, 3.63) is 47.8 Å². The Labute approximate surface area is 105 Å². The first kappa shape index (κ1) is 12.3. The molecule has 94 valence electrons. The summed E-state index contributed by atoms with van der Waals surface area (Å²) in [4.78, 5) is 11.8. The van der Waals surface area contributed by atoms with Crippen molar-refractivity contribution in [3.8, 4) is 0 Å². The van der Waals surface area contributed by atoms with E-state index in [1.54, 1.807) is 31.3 Å². The van der Waals surface area contributed by atoms with Gasteiger partial charge >= 0.3 is 0 Å². The lowest BCUT2D eigenvalue weighted by molar-refractivity contribution is -0.115. The van der Waals surface area contributed by atoms with Crippen LogP contribution in [-0.4, -0.2) is 21.2 Å². The number of para-hydroxylation sites is 1. The Morgan fingerprint density at radius 3 is 2.89 bits per heavy atom. The van der Waals surface area contributed by atoms with Crippen molar-refractivity contribution >= 4 is 11.6 Å². The molecule has 1 atom stereocenters. The Bertz CT molecular complexity index is 521. The summed E-state index contributed by atoms with van der Waals surface area (Å²) >= 11 is 0. The van der Waals surface area contributed by atoms with Crippen LogP contribution in [0.4, 0.5) is 5.69 Å². The Kier molecular flexibility index (Phi) is 3.74. The molecule has 0 spiro atoms. The quantitative estimate of drug-likeness (QED) is 0.766. The van der Waals surface area contributed by atoms with Gasteiger partial charge < -0.3 is 10.4 Å². The first-order valence-corrected chi connectivity index (χ1v) is 5.72. The Morgan fingerprint density at radius 2 is 2.22 bits per heavy atom. The third-order valence-corrected chi connectivity index (χ3v) is 2.59. The molecule has 5 nitrogen and oxygen atoms in total. The van der Waals surface area contributed by atoms with Gasteiger partial charge in [-0.3, -0.25) is 9.89 Å². The fourth-order valence-electron chi connectivity index (χ4n) is 1.73. The smallest absolute Gasteiger partial charge is 0.230 e. The molecule has 0 aliphatic carbocycles. The molecular weight excluding hydrogens is 230 g/mol. The number of amides is 1. The predicted molar refractivity (Wildman–Crippen MR) is 68.0 cm³/mol. The highest BCUT2D eigenvalue weighted by molar-refractivity contribution is 5.92. The van der Waals surface area contributed by atoms with Crippen LogP contribution in [0.2, 0.25) is 0 Å². The van der Waals surface area contributed by atoms with Gasteiger partial charge in [0.25, 0.3) is 0 Å². The minimum absolute atomic E-state index is 0.146. The summed E-state index contributed by atoms with van der Waals surface area (Å²) in [6.45, 7) is 1.67. The van der Waals surface area contributed by atoms with E-state index < -0.39 is 6.10 Å². The van der Waals surface area contributed by atoms with Gasteiger partial charge in [0.05, 0.1) is 12.5 Å². The maximum atomic E-state index is 11.8. The van der Waals surface area contributed by atoms with Crippen molar-refractivity contribution in [2.45, 2.75) is 19.4 Å². The molecule has 1 amide bonds. The minimum Gasteiger partial charge on any atom is -0.389 e. The van der Waals surface area contributed by atoms with Crippen LogP contribution in [0.3, 0.4) is 0 Å². The van der Waals surface area contributed by atoms with Crippen molar-refractivity contribution < 1.29 is 9.90 Å².